The minimum atomic E-state index is 0.159. The summed E-state index contributed by atoms with van der Waals surface area (Å²) in [5, 5.41) is 0. The van der Waals surface area contributed by atoms with Crippen LogP contribution in [0.5, 0.6) is 5.75 Å². The Morgan fingerprint density at radius 1 is 1.03 bits per heavy atom. The average molecular weight is 409 g/mol. The molecule has 1 saturated carbocycles. The number of hydrogen-bond donors (Lipinski definition) is 0. The highest BCUT2D eigenvalue weighted by Gasteiger charge is 2.26. The summed E-state index contributed by atoms with van der Waals surface area (Å²) in [5.74, 6) is 1.81. The van der Waals surface area contributed by atoms with Gasteiger partial charge in [-0.2, -0.15) is 0 Å². The summed E-state index contributed by atoms with van der Waals surface area (Å²) in [4.78, 5) is 19.5. The lowest BCUT2D eigenvalue weighted by molar-refractivity contribution is -0.137. The average Bonchev–Trinajstić information content (AvgIpc) is 3.33. The zero-order valence-electron chi connectivity index (χ0n) is 17.7. The molecule has 30 heavy (non-hydrogen) atoms. The first-order valence-corrected chi connectivity index (χ1v) is 11.2. The molecule has 5 nitrogen and oxygen atoms in total. The molecule has 1 saturated heterocycles. The van der Waals surface area contributed by atoms with E-state index >= 15 is 0 Å². The quantitative estimate of drug-likeness (QED) is 0.640. The highest BCUT2D eigenvalue weighted by molar-refractivity contribution is 5.79. The fraction of sp³-hybridized carbons (Fsp3) is 0.520. The molecule has 5 heteroatoms. The zero-order chi connectivity index (χ0) is 20.6. The molecule has 2 aliphatic rings. The summed E-state index contributed by atoms with van der Waals surface area (Å²) < 4.78 is 11.3. The van der Waals surface area contributed by atoms with E-state index in [1.807, 2.05) is 35.4 Å². The van der Waals surface area contributed by atoms with E-state index in [0.29, 0.717) is 25.6 Å². The highest BCUT2D eigenvalue weighted by atomic mass is 16.5. The molecule has 0 N–H and O–H groups in total. The molecule has 4 rings (SSSR count). The third kappa shape index (κ3) is 5.82. The van der Waals surface area contributed by atoms with E-state index in [2.05, 4.69) is 17.1 Å². The third-order valence-corrected chi connectivity index (χ3v) is 6.17. The Bertz CT molecular complexity index is 782. The molecular weight excluding hydrogens is 376 g/mol. The number of aromatic nitrogens is 1. The number of carbonyl (C=O) groups excluding carboxylic acids is 1. The second-order valence-corrected chi connectivity index (χ2v) is 8.58. The third-order valence-electron chi connectivity index (χ3n) is 6.17. The van der Waals surface area contributed by atoms with Gasteiger partial charge in [-0.15, -0.1) is 0 Å². The van der Waals surface area contributed by atoms with E-state index in [1.54, 1.807) is 6.20 Å². The Labute approximate surface area is 179 Å². The molecule has 2 fully saturated rings. The lowest BCUT2D eigenvalue weighted by Gasteiger charge is -2.29. The van der Waals surface area contributed by atoms with Gasteiger partial charge >= 0.3 is 0 Å². The van der Waals surface area contributed by atoms with Crippen molar-refractivity contribution in [3.8, 4) is 5.75 Å². The van der Waals surface area contributed by atoms with Crippen molar-refractivity contribution in [2.24, 2.45) is 11.8 Å². The van der Waals surface area contributed by atoms with E-state index in [1.165, 1.54) is 6.42 Å². The van der Waals surface area contributed by atoms with E-state index in [0.717, 1.165) is 62.2 Å². The van der Waals surface area contributed by atoms with E-state index < -0.39 is 0 Å². The largest absolute Gasteiger partial charge is 0.493 e. The van der Waals surface area contributed by atoms with Gasteiger partial charge in [0.2, 0.25) is 5.91 Å². The van der Waals surface area contributed by atoms with Crippen LogP contribution in [0.25, 0.3) is 0 Å². The maximum atomic E-state index is 13.3. The molecule has 1 unspecified atom stereocenters. The predicted octanol–water partition coefficient (Wildman–Crippen LogP) is 4.61. The van der Waals surface area contributed by atoms with Gasteiger partial charge in [0.1, 0.15) is 5.75 Å². The number of ether oxygens (including phenoxy) is 2. The van der Waals surface area contributed by atoms with Crippen molar-refractivity contribution in [3.63, 3.8) is 0 Å². The summed E-state index contributed by atoms with van der Waals surface area (Å²) >= 11 is 0. The molecule has 0 bridgehead atoms. The van der Waals surface area contributed by atoms with Crippen molar-refractivity contribution in [1.29, 1.82) is 0 Å². The molecule has 0 spiro atoms. The molecule has 1 aromatic carbocycles. The standard InChI is InChI=1S/C25H32N2O3/c28-25(23-6-2-1-3-7-23)27(17-21-5-4-13-26-15-21)16-20-8-10-24(11-9-20)30-19-22-12-14-29-18-22/h4-5,8-11,13,15,22-23H,1-3,6-7,12,14,16-19H2. The van der Waals surface area contributed by atoms with E-state index in [4.69, 9.17) is 9.47 Å². The molecule has 160 valence electrons. The fourth-order valence-electron chi connectivity index (χ4n) is 4.37. The summed E-state index contributed by atoms with van der Waals surface area (Å²) in [5.41, 5.74) is 2.19. The van der Waals surface area contributed by atoms with Crippen LogP contribution >= 0.6 is 0 Å². The first-order valence-electron chi connectivity index (χ1n) is 11.2. The van der Waals surface area contributed by atoms with Gasteiger partial charge < -0.3 is 14.4 Å². The molecule has 1 atom stereocenters. The second-order valence-electron chi connectivity index (χ2n) is 8.58. The number of hydrogen-bond acceptors (Lipinski definition) is 4. The monoisotopic (exact) mass is 408 g/mol. The molecule has 1 aliphatic carbocycles. The number of pyridine rings is 1. The molecular formula is C25H32N2O3. The van der Waals surface area contributed by atoms with Crippen LogP contribution in [-0.4, -0.2) is 35.6 Å². The van der Waals surface area contributed by atoms with Crippen LogP contribution in [0, 0.1) is 11.8 Å². The molecule has 0 radical (unpaired) electrons. The van der Waals surface area contributed by atoms with Crippen molar-refractivity contribution in [2.75, 3.05) is 19.8 Å². The number of carbonyl (C=O) groups is 1. The molecule has 1 aromatic heterocycles. The summed E-state index contributed by atoms with van der Waals surface area (Å²) in [6.07, 6.45) is 10.3. The Balaban J connectivity index is 1.40. The topological polar surface area (TPSA) is 51.7 Å². The lowest BCUT2D eigenvalue weighted by atomic mass is 9.88. The van der Waals surface area contributed by atoms with Crippen LogP contribution in [0.3, 0.4) is 0 Å². The van der Waals surface area contributed by atoms with Crippen LogP contribution in [0.4, 0.5) is 0 Å². The SMILES string of the molecule is O=C(C1CCCCC1)N(Cc1ccc(OCC2CCOC2)cc1)Cc1cccnc1. The number of benzene rings is 1. The van der Waals surface area contributed by atoms with Crippen LogP contribution in [0.2, 0.25) is 0 Å². The van der Waals surface area contributed by atoms with Gasteiger partial charge in [-0.25, -0.2) is 0 Å². The zero-order valence-corrected chi connectivity index (χ0v) is 17.7. The van der Waals surface area contributed by atoms with Gasteiger partial charge in [0.25, 0.3) is 0 Å². The van der Waals surface area contributed by atoms with Gasteiger partial charge in [-0.05, 0) is 48.6 Å². The van der Waals surface area contributed by atoms with Crippen molar-refractivity contribution in [3.05, 3.63) is 59.9 Å². The van der Waals surface area contributed by atoms with Gasteiger partial charge in [0, 0.05) is 43.9 Å². The first kappa shape index (κ1) is 20.9. The fourth-order valence-corrected chi connectivity index (χ4v) is 4.37. The van der Waals surface area contributed by atoms with Crippen molar-refractivity contribution >= 4 is 5.91 Å². The molecule has 2 heterocycles. The van der Waals surface area contributed by atoms with Crippen molar-refractivity contribution < 1.29 is 14.3 Å². The van der Waals surface area contributed by atoms with Gasteiger partial charge in [-0.1, -0.05) is 37.5 Å². The first-order chi connectivity index (χ1) is 14.8. The Kier molecular flexibility index (Phi) is 7.35. The number of nitrogens with zero attached hydrogens (tertiary/aromatic N) is 2. The Hall–Kier alpha value is -2.40. The smallest absolute Gasteiger partial charge is 0.226 e. The Morgan fingerprint density at radius 2 is 1.83 bits per heavy atom. The van der Waals surface area contributed by atoms with Gasteiger partial charge in [-0.3, -0.25) is 9.78 Å². The summed E-state index contributed by atoms with van der Waals surface area (Å²) in [6.45, 7) is 3.55. The summed E-state index contributed by atoms with van der Waals surface area (Å²) in [6, 6.07) is 12.1. The number of rotatable bonds is 8. The van der Waals surface area contributed by atoms with Gasteiger partial charge in [0.05, 0.1) is 13.2 Å². The van der Waals surface area contributed by atoms with E-state index in [-0.39, 0.29) is 11.8 Å². The van der Waals surface area contributed by atoms with Crippen LogP contribution in [0.1, 0.15) is 49.7 Å². The van der Waals surface area contributed by atoms with Crippen molar-refractivity contribution in [1.82, 2.24) is 9.88 Å². The minimum absolute atomic E-state index is 0.159. The molecule has 1 amide bonds. The van der Waals surface area contributed by atoms with Crippen LogP contribution in [0.15, 0.2) is 48.8 Å². The van der Waals surface area contributed by atoms with Crippen molar-refractivity contribution in [2.45, 2.75) is 51.6 Å². The maximum Gasteiger partial charge on any atom is 0.226 e. The maximum absolute atomic E-state index is 13.3. The second kappa shape index (κ2) is 10.6. The van der Waals surface area contributed by atoms with E-state index in [9.17, 15) is 4.79 Å². The molecule has 2 aromatic rings. The highest BCUT2D eigenvalue weighted by Crippen LogP contribution is 2.27. The van der Waals surface area contributed by atoms with Crippen LogP contribution in [-0.2, 0) is 22.6 Å². The van der Waals surface area contributed by atoms with Crippen LogP contribution < -0.4 is 4.74 Å². The lowest BCUT2D eigenvalue weighted by Crippen LogP contribution is -2.36. The molecule has 1 aliphatic heterocycles. The predicted molar refractivity (Wildman–Crippen MR) is 116 cm³/mol. The van der Waals surface area contributed by atoms with Gasteiger partial charge in [0.15, 0.2) is 0 Å². The number of amides is 1. The normalized spacial score (nSPS) is 19.5. The minimum Gasteiger partial charge on any atom is -0.493 e. The Morgan fingerprint density at radius 3 is 2.53 bits per heavy atom. The summed E-state index contributed by atoms with van der Waals surface area (Å²) in [7, 11) is 0.